The van der Waals surface area contributed by atoms with Crippen molar-refractivity contribution < 1.29 is 0 Å². The summed E-state index contributed by atoms with van der Waals surface area (Å²) < 4.78 is 0. The molecule has 1 spiro atoms. The van der Waals surface area contributed by atoms with Crippen molar-refractivity contribution in [3.8, 4) is 0 Å². The number of piperidine rings is 1. The maximum atomic E-state index is 3.68. The van der Waals surface area contributed by atoms with Gasteiger partial charge in [-0.25, -0.2) is 0 Å². The van der Waals surface area contributed by atoms with Gasteiger partial charge in [0.2, 0.25) is 0 Å². The molecule has 4 heteroatoms. The van der Waals surface area contributed by atoms with Gasteiger partial charge in [-0.05, 0) is 36.6 Å². The van der Waals surface area contributed by atoms with Crippen LogP contribution in [0.2, 0.25) is 0 Å². The van der Waals surface area contributed by atoms with E-state index in [9.17, 15) is 0 Å². The van der Waals surface area contributed by atoms with Crippen LogP contribution in [0.4, 0.5) is 5.69 Å². The fourth-order valence-corrected chi connectivity index (χ4v) is 4.91. The molecule has 2 N–H and O–H groups in total. The van der Waals surface area contributed by atoms with Crippen LogP contribution in [-0.2, 0) is 6.54 Å². The summed E-state index contributed by atoms with van der Waals surface area (Å²) in [5, 5.41) is 5.05. The van der Waals surface area contributed by atoms with Gasteiger partial charge < -0.3 is 15.2 Å². The van der Waals surface area contributed by atoms with Gasteiger partial charge in [-0.15, -0.1) is 0 Å². The summed E-state index contributed by atoms with van der Waals surface area (Å²) in [5.74, 6) is 0. The number of fused-ring (bicyclic) bond motifs is 1. The lowest BCUT2D eigenvalue weighted by Crippen LogP contribution is -2.64. The largest absolute Gasteiger partial charge is 0.371 e. The Kier molecular flexibility index (Phi) is 4.38. The number of nitrogens with one attached hydrogen (secondary N) is 2. The minimum Gasteiger partial charge on any atom is -0.371 e. The molecule has 0 aliphatic carbocycles. The molecule has 3 aromatic rings. The number of para-hydroxylation sites is 2. The number of benzene rings is 2. The molecule has 27 heavy (non-hydrogen) atoms. The molecule has 2 aliphatic heterocycles. The van der Waals surface area contributed by atoms with Crippen LogP contribution >= 0.6 is 0 Å². The summed E-state index contributed by atoms with van der Waals surface area (Å²) in [4.78, 5) is 8.74. The van der Waals surface area contributed by atoms with Gasteiger partial charge >= 0.3 is 0 Å². The number of nitrogens with zero attached hydrogens (tertiary/aromatic N) is 2. The summed E-state index contributed by atoms with van der Waals surface area (Å²) in [6.07, 6.45) is 4.65. The number of hydrogen-bond acceptors (Lipinski definition) is 3. The zero-order chi connectivity index (χ0) is 18.1. The molecule has 0 saturated carbocycles. The first-order valence-electron chi connectivity index (χ1n) is 10.1. The van der Waals surface area contributed by atoms with Crippen molar-refractivity contribution in [2.75, 3.05) is 37.6 Å². The van der Waals surface area contributed by atoms with E-state index in [1.165, 1.54) is 35.0 Å². The van der Waals surface area contributed by atoms with Crippen LogP contribution in [0.1, 0.15) is 18.4 Å². The van der Waals surface area contributed by atoms with Gasteiger partial charge in [0.1, 0.15) is 0 Å². The quantitative estimate of drug-likeness (QED) is 0.749. The van der Waals surface area contributed by atoms with Crippen LogP contribution in [0.5, 0.6) is 0 Å². The Morgan fingerprint density at radius 2 is 1.67 bits per heavy atom. The molecular formula is C23H28N4. The first kappa shape index (κ1) is 16.8. The van der Waals surface area contributed by atoms with Crippen LogP contribution in [-0.4, -0.2) is 48.1 Å². The second kappa shape index (κ2) is 7.02. The minimum atomic E-state index is 0.280. The van der Waals surface area contributed by atoms with Gasteiger partial charge in [-0.2, -0.15) is 0 Å². The monoisotopic (exact) mass is 360 g/mol. The average molecular weight is 361 g/mol. The summed E-state index contributed by atoms with van der Waals surface area (Å²) >= 11 is 0. The van der Waals surface area contributed by atoms with Gasteiger partial charge in [-0.3, -0.25) is 4.90 Å². The molecule has 5 rings (SSSR count). The van der Waals surface area contributed by atoms with E-state index in [0.717, 1.165) is 39.3 Å². The van der Waals surface area contributed by atoms with E-state index in [4.69, 9.17) is 0 Å². The summed E-state index contributed by atoms with van der Waals surface area (Å²) in [6.45, 7) is 6.64. The maximum absolute atomic E-state index is 3.68. The molecule has 2 fully saturated rings. The standard InChI is InChI=1S/C23H28N4/c1-2-6-20(7-3-1)26-13-10-23(11-14-26)18-24-12-15-27(23)17-19-16-25-22-9-5-4-8-21(19)22/h1-9,16,24-25H,10-15,17-18H2. The Morgan fingerprint density at radius 1 is 0.889 bits per heavy atom. The topological polar surface area (TPSA) is 34.3 Å². The van der Waals surface area contributed by atoms with Gasteiger partial charge in [0.05, 0.1) is 0 Å². The van der Waals surface area contributed by atoms with Crippen LogP contribution in [0.15, 0.2) is 60.8 Å². The van der Waals surface area contributed by atoms with E-state index in [1.807, 2.05) is 0 Å². The van der Waals surface area contributed by atoms with Crippen LogP contribution in [0.25, 0.3) is 10.9 Å². The highest BCUT2D eigenvalue weighted by molar-refractivity contribution is 5.83. The van der Waals surface area contributed by atoms with E-state index in [-0.39, 0.29) is 5.54 Å². The van der Waals surface area contributed by atoms with Crippen molar-refractivity contribution in [2.45, 2.75) is 24.9 Å². The molecular weight excluding hydrogens is 332 g/mol. The number of aromatic amines is 1. The predicted octanol–water partition coefficient (Wildman–Crippen LogP) is 3.61. The zero-order valence-electron chi connectivity index (χ0n) is 15.8. The van der Waals surface area contributed by atoms with Gasteiger partial charge in [-0.1, -0.05) is 36.4 Å². The van der Waals surface area contributed by atoms with E-state index in [1.54, 1.807) is 0 Å². The molecule has 0 radical (unpaired) electrons. The lowest BCUT2D eigenvalue weighted by atomic mass is 9.83. The third-order valence-corrected chi connectivity index (χ3v) is 6.53. The van der Waals surface area contributed by atoms with Crippen molar-refractivity contribution in [2.24, 2.45) is 0 Å². The molecule has 2 aromatic carbocycles. The molecule has 0 amide bonds. The van der Waals surface area contributed by atoms with Crippen molar-refractivity contribution in [3.63, 3.8) is 0 Å². The first-order valence-corrected chi connectivity index (χ1v) is 10.1. The second-order valence-electron chi connectivity index (χ2n) is 8.00. The van der Waals surface area contributed by atoms with Gasteiger partial charge in [0, 0.05) is 67.6 Å². The lowest BCUT2D eigenvalue weighted by molar-refractivity contribution is 0.0315. The number of H-pyrrole nitrogens is 1. The van der Waals surface area contributed by atoms with Crippen LogP contribution in [0, 0.1) is 0 Å². The normalized spacial score (nSPS) is 20.4. The predicted molar refractivity (Wildman–Crippen MR) is 112 cm³/mol. The highest BCUT2D eigenvalue weighted by Gasteiger charge is 2.41. The van der Waals surface area contributed by atoms with Crippen molar-refractivity contribution >= 4 is 16.6 Å². The Bertz CT molecular complexity index is 893. The van der Waals surface area contributed by atoms with Crippen molar-refractivity contribution in [1.29, 1.82) is 0 Å². The third-order valence-electron chi connectivity index (χ3n) is 6.53. The fourth-order valence-electron chi connectivity index (χ4n) is 4.91. The highest BCUT2D eigenvalue weighted by Crippen LogP contribution is 2.34. The van der Waals surface area contributed by atoms with Crippen LogP contribution < -0.4 is 10.2 Å². The summed E-state index contributed by atoms with van der Waals surface area (Å²) in [7, 11) is 0. The Balaban J connectivity index is 1.35. The maximum Gasteiger partial charge on any atom is 0.0457 e. The molecule has 140 valence electrons. The number of hydrogen-bond donors (Lipinski definition) is 2. The van der Waals surface area contributed by atoms with Crippen LogP contribution in [0.3, 0.4) is 0 Å². The molecule has 4 nitrogen and oxygen atoms in total. The molecule has 0 bridgehead atoms. The molecule has 0 atom stereocenters. The van der Waals surface area contributed by atoms with E-state index in [0.29, 0.717) is 0 Å². The van der Waals surface area contributed by atoms with E-state index in [2.05, 4.69) is 80.9 Å². The number of anilines is 1. The molecule has 0 unspecified atom stereocenters. The van der Waals surface area contributed by atoms with Gasteiger partial charge in [0.15, 0.2) is 0 Å². The zero-order valence-corrected chi connectivity index (χ0v) is 15.8. The first-order chi connectivity index (χ1) is 13.3. The SMILES string of the molecule is c1ccc(N2CCC3(CC2)CNCCN3Cc2c[nH]c3ccccc23)cc1. The molecule has 3 heterocycles. The smallest absolute Gasteiger partial charge is 0.0457 e. The third kappa shape index (κ3) is 3.13. The summed E-state index contributed by atoms with van der Waals surface area (Å²) in [5.41, 5.74) is 4.31. The number of aromatic nitrogens is 1. The van der Waals surface area contributed by atoms with Gasteiger partial charge in [0.25, 0.3) is 0 Å². The summed E-state index contributed by atoms with van der Waals surface area (Å²) in [6, 6.07) is 19.5. The number of rotatable bonds is 3. The van der Waals surface area contributed by atoms with Crippen molar-refractivity contribution in [1.82, 2.24) is 15.2 Å². The minimum absolute atomic E-state index is 0.280. The van der Waals surface area contributed by atoms with E-state index >= 15 is 0 Å². The Hall–Kier alpha value is -2.30. The molecule has 2 aliphatic rings. The molecule has 2 saturated heterocycles. The van der Waals surface area contributed by atoms with Crippen molar-refractivity contribution in [3.05, 3.63) is 66.4 Å². The average Bonchev–Trinajstić information content (AvgIpc) is 3.14. The Labute approximate surface area is 161 Å². The fraction of sp³-hybridized carbons (Fsp3) is 0.391. The lowest BCUT2D eigenvalue weighted by Gasteiger charge is -2.52. The second-order valence-corrected chi connectivity index (χ2v) is 8.00. The number of piperazine rings is 1. The highest BCUT2D eigenvalue weighted by atomic mass is 15.3. The molecule has 1 aromatic heterocycles. The van der Waals surface area contributed by atoms with E-state index < -0.39 is 0 Å². The Morgan fingerprint density at radius 3 is 2.52 bits per heavy atom.